The van der Waals surface area contributed by atoms with Crippen molar-refractivity contribution in [3.05, 3.63) is 36.1 Å². The number of ether oxygens (including phenoxy) is 1. The molecule has 0 saturated carbocycles. The number of allylic oxidation sites excluding steroid dienone is 6. The number of hydrogen-bond acceptors (Lipinski definition) is 2. The van der Waals surface area contributed by atoms with Crippen molar-refractivity contribution in [3.8, 4) is 0 Å². The van der Waals surface area contributed by atoms with Crippen LogP contribution in [0.1, 0.15) is 12.8 Å². The Labute approximate surface area is 89.3 Å². The van der Waals surface area contributed by atoms with Gasteiger partial charge in [-0.25, -0.2) is 0 Å². The molecule has 0 amide bonds. The molecule has 1 aliphatic heterocycles. The predicted octanol–water partition coefficient (Wildman–Crippen LogP) is 2.24. The van der Waals surface area contributed by atoms with Gasteiger partial charge in [-0.2, -0.15) is 0 Å². The van der Waals surface area contributed by atoms with Gasteiger partial charge in [0.2, 0.25) is 0 Å². The Morgan fingerprint density at radius 3 is 3.07 bits per heavy atom. The lowest BCUT2D eigenvalue weighted by Crippen LogP contribution is -2.33. The summed E-state index contributed by atoms with van der Waals surface area (Å²) >= 11 is 0. The van der Waals surface area contributed by atoms with Crippen molar-refractivity contribution in [2.45, 2.75) is 12.8 Å². The second-order valence-electron chi connectivity index (χ2n) is 4.43. The van der Waals surface area contributed by atoms with Crippen molar-refractivity contribution in [1.82, 2.24) is 0 Å². The first-order valence-corrected chi connectivity index (χ1v) is 5.57. The molecule has 3 atom stereocenters. The summed E-state index contributed by atoms with van der Waals surface area (Å²) < 4.78 is 5.58. The Morgan fingerprint density at radius 2 is 2.13 bits per heavy atom. The third-order valence-electron chi connectivity index (χ3n) is 3.51. The molecule has 3 rings (SSSR count). The first-order chi connectivity index (χ1) is 7.34. The SMILES string of the molecule is O=C1CCOC2=CC3C=CC=CC3CC12. The minimum Gasteiger partial charge on any atom is -0.497 e. The molecule has 1 fully saturated rings. The van der Waals surface area contributed by atoms with Crippen LogP contribution in [0.3, 0.4) is 0 Å². The summed E-state index contributed by atoms with van der Waals surface area (Å²) in [6.07, 6.45) is 12.2. The van der Waals surface area contributed by atoms with Gasteiger partial charge in [0.1, 0.15) is 11.5 Å². The molecular weight excluding hydrogens is 188 g/mol. The van der Waals surface area contributed by atoms with Gasteiger partial charge in [0.25, 0.3) is 0 Å². The van der Waals surface area contributed by atoms with Gasteiger partial charge in [-0.05, 0) is 18.4 Å². The van der Waals surface area contributed by atoms with Crippen molar-refractivity contribution in [3.63, 3.8) is 0 Å². The quantitative estimate of drug-likeness (QED) is 0.602. The van der Waals surface area contributed by atoms with Gasteiger partial charge in [0, 0.05) is 12.3 Å². The van der Waals surface area contributed by atoms with Crippen LogP contribution in [0.5, 0.6) is 0 Å². The van der Waals surface area contributed by atoms with Crippen molar-refractivity contribution >= 4 is 5.78 Å². The summed E-state index contributed by atoms with van der Waals surface area (Å²) in [5.41, 5.74) is 0. The lowest BCUT2D eigenvalue weighted by Gasteiger charge is -2.35. The molecule has 0 aromatic carbocycles. The maximum Gasteiger partial charge on any atom is 0.146 e. The smallest absolute Gasteiger partial charge is 0.146 e. The summed E-state index contributed by atoms with van der Waals surface area (Å²) in [4.78, 5) is 11.7. The second kappa shape index (κ2) is 3.37. The van der Waals surface area contributed by atoms with Crippen LogP contribution >= 0.6 is 0 Å². The maximum absolute atomic E-state index is 11.7. The molecule has 15 heavy (non-hydrogen) atoms. The highest BCUT2D eigenvalue weighted by molar-refractivity contribution is 5.84. The van der Waals surface area contributed by atoms with E-state index in [-0.39, 0.29) is 5.92 Å². The zero-order chi connectivity index (χ0) is 10.3. The molecule has 0 aromatic heterocycles. The van der Waals surface area contributed by atoms with Gasteiger partial charge in [-0.3, -0.25) is 4.79 Å². The first kappa shape index (κ1) is 8.96. The summed E-state index contributed by atoms with van der Waals surface area (Å²) in [5, 5.41) is 0. The molecule has 2 heteroatoms. The third-order valence-corrected chi connectivity index (χ3v) is 3.51. The van der Waals surface area contributed by atoms with Crippen LogP contribution in [-0.2, 0) is 9.53 Å². The summed E-state index contributed by atoms with van der Waals surface area (Å²) in [6.45, 7) is 0.568. The fourth-order valence-corrected chi connectivity index (χ4v) is 2.66. The molecule has 0 bridgehead atoms. The third kappa shape index (κ3) is 1.44. The molecule has 2 aliphatic carbocycles. The van der Waals surface area contributed by atoms with E-state index in [1.807, 2.05) is 0 Å². The van der Waals surface area contributed by atoms with Crippen molar-refractivity contribution < 1.29 is 9.53 Å². The van der Waals surface area contributed by atoms with Gasteiger partial charge in [0.15, 0.2) is 0 Å². The topological polar surface area (TPSA) is 26.3 Å². The van der Waals surface area contributed by atoms with Crippen LogP contribution in [0, 0.1) is 17.8 Å². The number of carbonyl (C=O) groups is 1. The van der Waals surface area contributed by atoms with E-state index in [9.17, 15) is 4.79 Å². The first-order valence-electron chi connectivity index (χ1n) is 5.57. The molecule has 3 aliphatic rings. The highest BCUT2D eigenvalue weighted by atomic mass is 16.5. The fourth-order valence-electron chi connectivity index (χ4n) is 2.66. The molecule has 0 aromatic rings. The van der Waals surface area contributed by atoms with Crippen LogP contribution in [-0.4, -0.2) is 12.4 Å². The molecule has 1 saturated heterocycles. The Hall–Kier alpha value is -1.31. The normalized spacial score (nSPS) is 37.7. The summed E-state index contributed by atoms with van der Waals surface area (Å²) in [5.74, 6) is 2.25. The van der Waals surface area contributed by atoms with E-state index in [2.05, 4.69) is 30.4 Å². The number of ketones is 1. The number of fused-ring (bicyclic) bond motifs is 2. The zero-order valence-electron chi connectivity index (χ0n) is 8.56. The summed E-state index contributed by atoms with van der Waals surface area (Å²) in [7, 11) is 0. The Bertz CT molecular complexity index is 376. The fraction of sp³-hybridized carbons (Fsp3) is 0.462. The molecule has 3 unspecified atom stereocenters. The van der Waals surface area contributed by atoms with Crippen molar-refractivity contribution in [2.75, 3.05) is 6.61 Å². The van der Waals surface area contributed by atoms with Gasteiger partial charge in [0.05, 0.1) is 12.5 Å². The molecule has 0 spiro atoms. The van der Waals surface area contributed by atoms with Crippen LogP contribution in [0.25, 0.3) is 0 Å². The number of hydrogen-bond donors (Lipinski definition) is 0. The average Bonchev–Trinajstić information content (AvgIpc) is 2.27. The van der Waals surface area contributed by atoms with Gasteiger partial charge in [-0.1, -0.05) is 24.3 Å². The van der Waals surface area contributed by atoms with Crippen molar-refractivity contribution in [2.24, 2.45) is 17.8 Å². The molecule has 0 radical (unpaired) electrons. The molecule has 0 N–H and O–H groups in total. The molecule has 78 valence electrons. The Morgan fingerprint density at radius 1 is 1.27 bits per heavy atom. The number of Topliss-reactive ketones (excluding diaryl/α,β-unsaturated/α-hetero) is 1. The average molecular weight is 202 g/mol. The van der Waals surface area contributed by atoms with E-state index in [0.717, 1.165) is 12.2 Å². The highest BCUT2D eigenvalue weighted by Crippen LogP contribution is 2.39. The summed E-state index contributed by atoms with van der Waals surface area (Å²) in [6, 6.07) is 0. The van der Waals surface area contributed by atoms with Crippen LogP contribution in [0.15, 0.2) is 36.1 Å². The molecule has 2 nitrogen and oxygen atoms in total. The number of rotatable bonds is 0. The Kier molecular flexibility index (Phi) is 2.01. The van der Waals surface area contributed by atoms with Gasteiger partial charge < -0.3 is 4.74 Å². The number of carbonyl (C=O) groups excluding carboxylic acids is 1. The highest BCUT2D eigenvalue weighted by Gasteiger charge is 2.36. The largest absolute Gasteiger partial charge is 0.497 e. The lowest BCUT2D eigenvalue weighted by atomic mass is 9.74. The van der Waals surface area contributed by atoms with E-state index in [0.29, 0.717) is 30.6 Å². The van der Waals surface area contributed by atoms with Crippen molar-refractivity contribution in [1.29, 1.82) is 0 Å². The lowest BCUT2D eigenvalue weighted by molar-refractivity contribution is -0.127. The van der Waals surface area contributed by atoms with Gasteiger partial charge >= 0.3 is 0 Å². The minimum atomic E-state index is 0.0381. The maximum atomic E-state index is 11.7. The molecular formula is C13H14O2. The minimum absolute atomic E-state index is 0.0381. The second-order valence-corrected chi connectivity index (χ2v) is 4.43. The van der Waals surface area contributed by atoms with Gasteiger partial charge in [-0.15, -0.1) is 0 Å². The Balaban J connectivity index is 1.93. The van der Waals surface area contributed by atoms with E-state index in [1.54, 1.807) is 0 Å². The zero-order valence-corrected chi connectivity index (χ0v) is 8.56. The van der Waals surface area contributed by atoms with Crippen LogP contribution in [0.4, 0.5) is 0 Å². The van der Waals surface area contributed by atoms with E-state index < -0.39 is 0 Å². The monoisotopic (exact) mass is 202 g/mol. The van der Waals surface area contributed by atoms with E-state index in [4.69, 9.17) is 4.74 Å². The predicted molar refractivity (Wildman–Crippen MR) is 57.0 cm³/mol. The van der Waals surface area contributed by atoms with Crippen LogP contribution in [0.2, 0.25) is 0 Å². The van der Waals surface area contributed by atoms with E-state index in [1.165, 1.54) is 0 Å². The van der Waals surface area contributed by atoms with Crippen LogP contribution < -0.4 is 0 Å². The van der Waals surface area contributed by atoms with E-state index >= 15 is 0 Å². The molecule has 1 heterocycles. The standard InChI is InChI=1S/C13H14O2/c14-12-5-6-15-13-8-10-4-2-1-3-9(10)7-11(12)13/h1-4,8-11H,5-7H2.